The van der Waals surface area contributed by atoms with Crippen LogP contribution < -0.4 is 0 Å². The number of aromatic nitrogens is 5. The average molecular weight is 211 g/mol. The molecule has 2 aromatic heterocycles. The maximum atomic E-state index is 3.92. The third kappa shape index (κ3) is 1.48. The van der Waals surface area contributed by atoms with Gasteiger partial charge >= 0.3 is 0 Å². The summed E-state index contributed by atoms with van der Waals surface area (Å²) in [5, 5.41) is 13.8. The number of aromatic amines is 1. The Hall–Kier alpha value is -2.43. The van der Waals surface area contributed by atoms with Crippen LogP contribution in [0.15, 0.2) is 48.8 Å². The first-order valence-corrected chi connectivity index (χ1v) is 4.91. The van der Waals surface area contributed by atoms with Crippen molar-refractivity contribution in [1.29, 1.82) is 0 Å². The van der Waals surface area contributed by atoms with E-state index in [2.05, 4.69) is 20.6 Å². The number of hydrogen-bond donors (Lipinski definition) is 1. The number of benzene rings is 1. The number of tetrazole rings is 1. The minimum Gasteiger partial charge on any atom is -0.324 e. The third-order valence-electron chi connectivity index (χ3n) is 2.37. The molecular formula is C11H9N5. The fourth-order valence-electron chi connectivity index (χ4n) is 1.57. The van der Waals surface area contributed by atoms with Gasteiger partial charge in [0.1, 0.15) is 0 Å². The Balaban J connectivity index is 1.97. The van der Waals surface area contributed by atoms with Crippen molar-refractivity contribution in [3.8, 4) is 17.1 Å². The van der Waals surface area contributed by atoms with Crippen molar-refractivity contribution in [2.24, 2.45) is 0 Å². The van der Waals surface area contributed by atoms with E-state index in [4.69, 9.17) is 0 Å². The number of hydrogen-bond acceptors (Lipinski definition) is 3. The first-order chi connectivity index (χ1) is 7.93. The second kappa shape index (κ2) is 3.62. The van der Waals surface area contributed by atoms with E-state index in [1.807, 2.05) is 53.4 Å². The largest absolute Gasteiger partial charge is 0.324 e. The van der Waals surface area contributed by atoms with Crippen LogP contribution in [0.25, 0.3) is 17.1 Å². The highest BCUT2D eigenvalue weighted by Gasteiger charge is 2.02. The van der Waals surface area contributed by atoms with Crippen LogP contribution in [0.3, 0.4) is 0 Å². The molecule has 0 saturated carbocycles. The smallest absolute Gasteiger partial charge is 0.204 e. The maximum Gasteiger partial charge on any atom is 0.204 e. The van der Waals surface area contributed by atoms with Gasteiger partial charge in [0.05, 0.1) is 0 Å². The Kier molecular flexibility index (Phi) is 2.00. The first kappa shape index (κ1) is 8.84. The van der Waals surface area contributed by atoms with E-state index < -0.39 is 0 Å². The van der Waals surface area contributed by atoms with E-state index in [9.17, 15) is 0 Å². The second-order valence-corrected chi connectivity index (χ2v) is 3.37. The van der Waals surface area contributed by atoms with E-state index in [1.54, 1.807) is 0 Å². The van der Waals surface area contributed by atoms with Gasteiger partial charge in [-0.3, -0.25) is 0 Å². The summed E-state index contributed by atoms with van der Waals surface area (Å²) in [6.07, 6.45) is 4.01. The Bertz CT molecular complexity index is 498. The van der Waals surface area contributed by atoms with Crippen LogP contribution >= 0.6 is 0 Å². The molecule has 0 fully saturated rings. The van der Waals surface area contributed by atoms with Crippen molar-refractivity contribution in [3.63, 3.8) is 0 Å². The van der Waals surface area contributed by atoms with Gasteiger partial charge < -0.3 is 4.57 Å². The van der Waals surface area contributed by atoms with Gasteiger partial charge in [-0.1, -0.05) is 0 Å². The summed E-state index contributed by atoms with van der Waals surface area (Å²) in [6.45, 7) is 0. The Labute approximate surface area is 91.7 Å². The van der Waals surface area contributed by atoms with Crippen molar-refractivity contribution in [2.45, 2.75) is 0 Å². The SMILES string of the molecule is c1ccn(-c2ccc(-c3nn[nH]n3)cc2)c1. The summed E-state index contributed by atoms with van der Waals surface area (Å²) in [4.78, 5) is 0. The normalized spacial score (nSPS) is 10.5. The Morgan fingerprint density at radius 3 is 2.38 bits per heavy atom. The van der Waals surface area contributed by atoms with Crippen LogP contribution in [-0.4, -0.2) is 25.2 Å². The van der Waals surface area contributed by atoms with Crippen LogP contribution in [0.4, 0.5) is 0 Å². The number of H-pyrrole nitrogens is 1. The summed E-state index contributed by atoms with van der Waals surface area (Å²) >= 11 is 0. The molecule has 3 rings (SSSR count). The van der Waals surface area contributed by atoms with E-state index >= 15 is 0 Å². The molecule has 0 saturated heterocycles. The van der Waals surface area contributed by atoms with Crippen molar-refractivity contribution in [1.82, 2.24) is 25.2 Å². The summed E-state index contributed by atoms with van der Waals surface area (Å²) in [5.74, 6) is 0.610. The second-order valence-electron chi connectivity index (χ2n) is 3.37. The molecule has 2 heterocycles. The summed E-state index contributed by atoms with van der Waals surface area (Å²) < 4.78 is 2.04. The number of rotatable bonds is 2. The van der Waals surface area contributed by atoms with Crippen molar-refractivity contribution in [2.75, 3.05) is 0 Å². The molecule has 0 spiro atoms. The number of nitrogens with one attached hydrogen (secondary N) is 1. The fourth-order valence-corrected chi connectivity index (χ4v) is 1.57. The van der Waals surface area contributed by atoms with Crippen molar-refractivity contribution in [3.05, 3.63) is 48.8 Å². The standard InChI is InChI=1S/C11H9N5/c1-2-8-16(7-1)10-5-3-9(4-6-10)11-12-14-15-13-11/h1-8H,(H,12,13,14,15). The van der Waals surface area contributed by atoms with Crippen LogP contribution in [0.2, 0.25) is 0 Å². The molecule has 0 atom stereocenters. The highest BCUT2D eigenvalue weighted by atomic mass is 15.5. The van der Waals surface area contributed by atoms with Crippen LogP contribution in [0.1, 0.15) is 0 Å². The predicted octanol–water partition coefficient (Wildman–Crippen LogP) is 1.66. The highest BCUT2D eigenvalue weighted by Crippen LogP contribution is 2.16. The highest BCUT2D eigenvalue weighted by molar-refractivity contribution is 5.56. The molecule has 1 N–H and O–H groups in total. The lowest BCUT2D eigenvalue weighted by molar-refractivity contribution is 0.881. The van der Waals surface area contributed by atoms with Gasteiger partial charge in [0, 0.05) is 23.6 Å². The monoisotopic (exact) mass is 211 g/mol. The lowest BCUT2D eigenvalue weighted by Crippen LogP contribution is -1.89. The minimum absolute atomic E-state index is 0.610. The molecule has 0 unspecified atom stereocenters. The zero-order valence-electron chi connectivity index (χ0n) is 8.41. The molecule has 5 heteroatoms. The van der Waals surface area contributed by atoms with E-state index in [1.165, 1.54) is 0 Å². The molecule has 0 aliphatic rings. The molecule has 1 aromatic carbocycles. The van der Waals surface area contributed by atoms with Crippen molar-refractivity contribution >= 4 is 0 Å². The summed E-state index contributed by atoms with van der Waals surface area (Å²) in [6, 6.07) is 12.0. The fraction of sp³-hybridized carbons (Fsp3) is 0. The molecule has 0 radical (unpaired) electrons. The molecule has 0 amide bonds. The van der Waals surface area contributed by atoms with Gasteiger partial charge in [-0.2, -0.15) is 5.21 Å². The van der Waals surface area contributed by atoms with E-state index in [0.29, 0.717) is 5.82 Å². The lowest BCUT2D eigenvalue weighted by atomic mass is 10.2. The summed E-state index contributed by atoms with van der Waals surface area (Å²) in [7, 11) is 0. The van der Waals surface area contributed by atoms with Gasteiger partial charge in [-0.25, -0.2) is 0 Å². The van der Waals surface area contributed by atoms with Gasteiger partial charge in [0.25, 0.3) is 0 Å². The first-order valence-electron chi connectivity index (χ1n) is 4.91. The van der Waals surface area contributed by atoms with Gasteiger partial charge in [0.2, 0.25) is 5.82 Å². The molecule has 16 heavy (non-hydrogen) atoms. The molecule has 0 bridgehead atoms. The molecule has 0 aliphatic heterocycles. The zero-order chi connectivity index (χ0) is 10.8. The van der Waals surface area contributed by atoms with Crippen molar-refractivity contribution < 1.29 is 0 Å². The molecule has 78 valence electrons. The van der Waals surface area contributed by atoms with Gasteiger partial charge in [-0.15, -0.1) is 10.2 Å². The molecule has 0 aliphatic carbocycles. The Morgan fingerprint density at radius 1 is 1.00 bits per heavy atom. The lowest BCUT2D eigenvalue weighted by Gasteiger charge is -2.02. The summed E-state index contributed by atoms with van der Waals surface area (Å²) in [5.41, 5.74) is 2.06. The molecular weight excluding hydrogens is 202 g/mol. The van der Waals surface area contributed by atoms with Crippen LogP contribution in [0.5, 0.6) is 0 Å². The topological polar surface area (TPSA) is 59.4 Å². The molecule has 5 nitrogen and oxygen atoms in total. The van der Waals surface area contributed by atoms with Crippen LogP contribution in [-0.2, 0) is 0 Å². The van der Waals surface area contributed by atoms with E-state index in [-0.39, 0.29) is 0 Å². The zero-order valence-corrected chi connectivity index (χ0v) is 8.41. The maximum absolute atomic E-state index is 3.92. The van der Waals surface area contributed by atoms with Gasteiger partial charge in [0.15, 0.2) is 0 Å². The quantitative estimate of drug-likeness (QED) is 0.701. The van der Waals surface area contributed by atoms with Gasteiger partial charge in [-0.05, 0) is 41.6 Å². The third-order valence-corrected chi connectivity index (χ3v) is 2.37. The minimum atomic E-state index is 0.610. The molecule has 3 aromatic rings. The average Bonchev–Trinajstić information content (AvgIpc) is 3.03. The Morgan fingerprint density at radius 2 is 1.75 bits per heavy atom. The van der Waals surface area contributed by atoms with E-state index in [0.717, 1.165) is 11.3 Å². The van der Waals surface area contributed by atoms with Crippen LogP contribution in [0, 0.1) is 0 Å². The number of nitrogens with zero attached hydrogens (tertiary/aromatic N) is 4. The predicted molar refractivity (Wildman–Crippen MR) is 58.9 cm³/mol.